The van der Waals surface area contributed by atoms with Gasteiger partial charge >= 0.3 is 5.97 Å². The quantitative estimate of drug-likeness (QED) is 0.275. The highest BCUT2D eigenvalue weighted by molar-refractivity contribution is 6.53. The van der Waals surface area contributed by atoms with Crippen LogP contribution in [0.1, 0.15) is 37.2 Å². The Hall–Kier alpha value is -3.31. The number of carbonyl (C=O) groups is 5. The van der Waals surface area contributed by atoms with Crippen LogP contribution in [-0.2, 0) is 24.0 Å². The highest BCUT2D eigenvalue weighted by Gasteiger charge is 2.76. The Labute approximate surface area is 239 Å². The fourth-order valence-corrected chi connectivity index (χ4v) is 7.90. The number of amides is 4. The summed E-state index contributed by atoms with van der Waals surface area (Å²) in [6.45, 7) is -0.0544. The molecular formula is C27H28Cl2N2O9. The number of methoxy groups -OCH3 is 2. The second kappa shape index (κ2) is 9.66. The smallest absolute Gasteiger partial charge is 0.303 e. The standard InChI is InChI=1S/C27H28Cl2N2O9/c1-30-24(37)26(28)11-15-13(6-7-14-19(15)23(36)31(22(14)35)8-4-5-18(33)34)21(27(26,29)25(30)38)20-16(32)9-12(39-2)10-17(20)40-3/h6,9-10,14-15,19,21,32H,4-5,7-8,11H2,1-3H3,(H,33,34). The van der Waals surface area contributed by atoms with Gasteiger partial charge in [0.15, 0.2) is 9.75 Å². The number of imide groups is 2. The molecule has 1 saturated carbocycles. The van der Waals surface area contributed by atoms with Gasteiger partial charge in [0.2, 0.25) is 11.8 Å². The number of nitrogens with zero attached hydrogens (tertiary/aromatic N) is 2. The molecule has 1 aromatic carbocycles. The van der Waals surface area contributed by atoms with E-state index in [1.165, 1.54) is 33.4 Å². The second-order valence-corrected chi connectivity index (χ2v) is 11.8. The summed E-state index contributed by atoms with van der Waals surface area (Å²) in [5.41, 5.74) is 0.598. The number of carbonyl (C=O) groups excluding carboxylic acids is 4. The number of fused-ring (bicyclic) bond motifs is 4. The van der Waals surface area contributed by atoms with Gasteiger partial charge in [-0.05, 0) is 25.2 Å². The molecule has 0 radical (unpaired) electrons. The Morgan fingerprint density at radius 3 is 2.40 bits per heavy atom. The van der Waals surface area contributed by atoms with Gasteiger partial charge in [-0.1, -0.05) is 11.6 Å². The lowest BCUT2D eigenvalue weighted by molar-refractivity contribution is -0.142. The first-order valence-corrected chi connectivity index (χ1v) is 13.5. The number of halogens is 2. The van der Waals surface area contributed by atoms with Crippen LogP contribution >= 0.6 is 23.2 Å². The number of alkyl halides is 2. The second-order valence-electron chi connectivity index (χ2n) is 10.6. The van der Waals surface area contributed by atoms with Crippen molar-refractivity contribution in [2.75, 3.05) is 27.8 Å². The minimum atomic E-state index is -2.08. The number of rotatable bonds is 7. The van der Waals surface area contributed by atoms with Crippen LogP contribution in [0.5, 0.6) is 17.2 Å². The molecule has 13 heteroatoms. The predicted molar refractivity (Wildman–Crippen MR) is 140 cm³/mol. The summed E-state index contributed by atoms with van der Waals surface area (Å²) in [5, 5.41) is 20.2. The maximum absolute atomic E-state index is 13.7. The molecule has 2 saturated heterocycles. The zero-order chi connectivity index (χ0) is 29.3. The van der Waals surface area contributed by atoms with E-state index < -0.39 is 63.0 Å². The summed E-state index contributed by atoms with van der Waals surface area (Å²) in [6.07, 6.45) is 1.57. The Morgan fingerprint density at radius 2 is 1.77 bits per heavy atom. The van der Waals surface area contributed by atoms with E-state index in [9.17, 15) is 29.1 Å². The van der Waals surface area contributed by atoms with Gasteiger partial charge in [-0.15, -0.1) is 23.2 Å². The highest BCUT2D eigenvalue weighted by atomic mass is 35.5. The van der Waals surface area contributed by atoms with E-state index in [0.717, 1.165) is 9.80 Å². The number of carboxylic acids is 1. The largest absolute Gasteiger partial charge is 0.507 e. The average molecular weight is 595 g/mol. The molecule has 11 nitrogen and oxygen atoms in total. The van der Waals surface area contributed by atoms with Gasteiger partial charge in [-0.2, -0.15) is 0 Å². The summed E-state index contributed by atoms with van der Waals surface area (Å²) in [5.74, 6) is -7.01. The third-order valence-corrected chi connectivity index (χ3v) is 10.1. The number of aliphatic carboxylic acids is 1. The molecule has 4 aliphatic rings. The number of carboxylic acid groups (broad SMARTS) is 1. The molecule has 2 N–H and O–H groups in total. The fourth-order valence-electron chi connectivity index (χ4n) is 6.90. The monoisotopic (exact) mass is 594 g/mol. The molecule has 214 valence electrons. The summed E-state index contributed by atoms with van der Waals surface area (Å²) >= 11 is 14.2. The van der Waals surface area contributed by atoms with E-state index >= 15 is 0 Å². The highest BCUT2D eigenvalue weighted by Crippen LogP contribution is 2.67. The molecule has 6 atom stereocenters. The summed E-state index contributed by atoms with van der Waals surface area (Å²) < 4.78 is 10.8. The molecule has 0 spiro atoms. The number of aromatic hydroxyl groups is 1. The van der Waals surface area contributed by atoms with Crippen LogP contribution in [0.15, 0.2) is 23.8 Å². The molecule has 1 aromatic rings. The minimum absolute atomic E-state index is 0.0544. The number of hydrogen-bond acceptors (Lipinski definition) is 8. The molecule has 2 aliphatic carbocycles. The van der Waals surface area contributed by atoms with E-state index in [-0.39, 0.29) is 55.0 Å². The number of hydrogen-bond donors (Lipinski definition) is 2. The zero-order valence-electron chi connectivity index (χ0n) is 22.0. The number of ether oxygens (including phenoxy) is 2. The number of likely N-dealkylation sites (tertiary alicyclic amines) is 2. The first kappa shape index (κ1) is 28.2. The summed E-state index contributed by atoms with van der Waals surface area (Å²) in [6, 6.07) is 2.82. The van der Waals surface area contributed by atoms with Gasteiger partial charge in [-0.25, -0.2) is 0 Å². The number of allylic oxidation sites excluding steroid dienone is 2. The Morgan fingerprint density at radius 1 is 1.07 bits per heavy atom. The van der Waals surface area contributed by atoms with Crippen molar-refractivity contribution in [2.24, 2.45) is 17.8 Å². The Bertz CT molecular complexity index is 1380. The number of phenols is 1. The molecular weight excluding hydrogens is 567 g/mol. The topological polar surface area (TPSA) is 151 Å². The van der Waals surface area contributed by atoms with E-state index in [0.29, 0.717) is 5.57 Å². The molecule has 40 heavy (non-hydrogen) atoms. The van der Waals surface area contributed by atoms with Gasteiger partial charge in [0.25, 0.3) is 11.8 Å². The van der Waals surface area contributed by atoms with Crippen molar-refractivity contribution in [3.8, 4) is 17.2 Å². The normalized spacial score (nSPS) is 33.0. The first-order valence-electron chi connectivity index (χ1n) is 12.8. The van der Waals surface area contributed by atoms with Crippen LogP contribution in [0.25, 0.3) is 0 Å². The molecule has 3 fully saturated rings. The average Bonchev–Trinajstić information content (AvgIpc) is 3.23. The van der Waals surface area contributed by atoms with Crippen LogP contribution in [-0.4, -0.2) is 87.2 Å². The van der Waals surface area contributed by atoms with E-state index in [1.807, 2.05) is 0 Å². The van der Waals surface area contributed by atoms with Gasteiger partial charge in [0.05, 0.1) is 26.1 Å². The first-order chi connectivity index (χ1) is 18.8. The molecule has 6 unspecified atom stereocenters. The molecule has 0 aromatic heterocycles. The zero-order valence-corrected chi connectivity index (χ0v) is 23.5. The maximum Gasteiger partial charge on any atom is 0.303 e. The molecule has 5 rings (SSSR count). The van der Waals surface area contributed by atoms with Crippen molar-refractivity contribution >= 4 is 52.8 Å². The SMILES string of the molecule is COc1cc(O)c(C2C3=CCC4C(=O)N(CCCC(=O)O)C(=O)C4C3CC3(Cl)C(=O)N(C)C(=O)C23Cl)c(OC)c1. The Kier molecular flexibility index (Phi) is 6.81. The lowest BCUT2D eigenvalue weighted by Gasteiger charge is -2.51. The van der Waals surface area contributed by atoms with Crippen LogP contribution in [0.3, 0.4) is 0 Å². The van der Waals surface area contributed by atoms with Crippen molar-refractivity contribution in [1.82, 2.24) is 9.80 Å². The van der Waals surface area contributed by atoms with E-state index in [4.69, 9.17) is 37.8 Å². The van der Waals surface area contributed by atoms with Crippen molar-refractivity contribution in [2.45, 2.75) is 41.3 Å². The van der Waals surface area contributed by atoms with Crippen molar-refractivity contribution in [3.05, 3.63) is 29.3 Å². The van der Waals surface area contributed by atoms with Crippen molar-refractivity contribution in [1.29, 1.82) is 0 Å². The van der Waals surface area contributed by atoms with Gasteiger partial charge in [-0.3, -0.25) is 33.8 Å². The molecule has 2 heterocycles. The van der Waals surface area contributed by atoms with Crippen LogP contribution in [0.4, 0.5) is 0 Å². The summed E-state index contributed by atoms with van der Waals surface area (Å²) in [4.78, 5) is 63.0. The lowest BCUT2D eigenvalue weighted by Crippen LogP contribution is -2.60. The maximum atomic E-state index is 13.7. The molecule has 4 amide bonds. The number of phenolic OH excluding ortho intramolecular Hbond substituents is 1. The predicted octanol–water partition coefficient (Wildman–Crippen LogP) is 2.26. The van der Waals surface area contributed by atoms with Gasteiger partial charge < -0.3 is 19.7 Å². The van der Waals surface area contributed by atoms with E-state index in [2.05, 4.69) is 0 Å². The third-order valence-electron chi connectivity index (χ3n) is 8.72. The minimum Gasteiger partial charge on any atom is -0.507 e. The lowest BCUT2D eigenvalue weighted by atomic mass is 9.56. The van der Waals surface area contributed by atoms with Crippen molar-refractivity contribution < 1.29 is 43.7 Å². The Balaban J connectivity index is 1.67. The number of benzene rings is 1. The molecule has 0 bridgehead atoms. The van der Waals surface area contributed by atoms with Crippen molar-refractivity contribution in [3.63, 3.8) is 0 Å². The van der Waals surface area contributed by atoms with Crippen LogP contribution < -0.4 is 9.47 Å². The molecule has 2 aliphatic heterocycles. The fraction of sp³-hybridized carbons (Fsp3) is 0.519. The third kappa shape index (κ3) is 3.66. The van der Waals surface area contributed by atoms with Crippen LogP contribution in [0, 0.1) is 17.8 Å². The van der Waals surface area contributed by atoms with E-state index in [1.54, 1.807) is 6.08 Å². The van der Waals surface area contributed by atoms with Gasteiger partial charge in [0.1, 0.15) is 17.2 Å². The summed E-state index contributed by atoms with van der Waals surface area (Å²) in [7, 11) is 4.04. The van der Waals surface area contributed by atoms with Gasteiger partial charge in [0, 0.05) is 43.6 Å². The van der Waals surface area contributed by atoms with Crippen LogP contribution in [0.2, 0.25) is 0 Å².